The smallest absolute Gasteiger partial charge is 0.141 e. The molecule has 1 heterocycles. The minimum absolute atomic E-state index is 0.805. The second-order valence-corrected chi connectivity index (χ2v) is 5.45. The van der Waals surface area contributed by atoms with Gasteiger partial charge in [-0.3, -0.25) is 0 Å². The van der Waals surface area contributed by atoms with Gasteiger partial charge in [0.1, 0.15) is 10.4 Å². The number of benzene rings is 1. The number of aliphatic hydroxyl groups is 1. The van der Waals surface area contributed by atoms with Gasteiger partial charge in [0.2, 0.25) is 0 Å². The van der Waals surface area contributed by atoms with Crippen molar-refractivity contribution in [1.82, 2.24) is 9.55 Å². The minimum atomic E-state index is -0.805. The van der Waals surface area contributed by atoms with E-state index in [0.717, 1.165) is 21.6 Å². The first-order valence-electron chi connectivity index (χ1n) is 5.40. The lowest BCUT2D eigenvalue weighted by Gasteiger charge is -2.17. The molecule has 1 N–H and O–H groups in total. The first-order valence-corrected chi connectivity index (χ1v) is 6.19. The van der Waals surface area contributed by atoms with Crippen molar-refractivity contribution in [2.24, 2.45) is 7.05 Å². The van der Waals surface area contributed by atoms with Crippen LogP contribution in [0.25, 0.3) is 11.4 Å². The summed E-state index contributed by atoms with van der Waals surface area (Å²) in [6.07, 6.45) is 1.92. The van der Waals surface area contributed by atoms with Gasteiger partial charge < -0.3 is 9.67 Å². The summed E-state index contributed by atoms with van der Waals surface area (Å²) >= 11 is 3.35. The van der Waals surface area contributed by atoms with E-state index in [4.69, 9.17) is 0 Å². The van der Waals surface area contributed by atoms with E-state index in [0.29, 0.717) is 0 Å². The average Bonchev–Trinajstić information content (AvgIpc) is 2.57. The highest BCUT2D eigenvalue weighted by atomic mass is 79.9. The highest BCUT2D eigenvalue weighted by molar-refractivity contribution is 9.10. The molecule has 1 aromatic heterocycles. The van der Waals surface area contributed by atoms with Crippen molar-refractivity contribution >= 4 is 15.9 Å². The second-order valence-electron chi connectivity index (χ2n) is 4.63. The van der Waals surface area contributed by atoms with E-state index in [2.05, 4.69) is 20.9 Å². The predicted molar refractivity (Wildman–Crippen MR) is 71.6 cm³/mol. The number of nitrogens with zero attached hydrogens (tertiary/aromatic N) is 2. The molecule has 0 fully saturated rings. The quantitative estimate of drug-likeness (QED) is 0.924. The molecule has 0 aliphatic rings. The van der Waals surface area contributed by atoms with Crippen molar-refractivity contribution in [1.29, 1.82) is 0 Å². The van der Waals surface area contributed by atoms with Gasteiger partial charge in [-0.1, -0.05) is 24.3 Å². The van der Waals surface area contributed by atoms with Crippen LogP contribution in [-0.2, 0) is 12.6 Å². The fourth-order valence-corrected chi connectivity index (χ4v) is 2.20. The van der Waals surface area contributed by atoms with E-state index in [1.165, 1.54) is 0 Å². The van der Waals surface area contributed by atoms with Crippen molar-refractivity contribution in [3.8, 4) is 11.4 Å². The Labute approximate surface area is 109 Å². The third kappa shape index (κ3) is 2.58. The van der Waals surface area contributed by atoms with Crippen molar-refractivity contribution in [3.05, 3.63) is 40.6 Å². The summed E-state index contributed by atoms with van der Waals surface area (Å²) < 4.78 is 2.78. The molecule has 0 saturated heterocycles. The lowest BCUT2D eigenvalue weighted by Crippen LogP contribution is -2.14. The first kappa shape index (κ1) is 12.3. The number of halogens is 1. The Bertz CT molecular complexity index is 523. The third-order valence-electron chi connectivity index (χ3n) is 2.70. The largest absolute Gasteiger partial charge is 0.386 e. The molecular formula is C13H15BrN2O. The van der Waals surface area contributed by atoms with Gasteiger partial charge in [0, 0.05) is 18.8 Å². The maximum Gasteiger partial charge on any atom is 0.141 e. The summed E-state index contributed by atoms with van der Waals surface area (Å²) in [5, 5.41) is 9.88. The van der Waals surface area contributed by atoms with Gasteiger partial charge in [0.05, 0.1) is 5.60 Å². The third-order valence-corrected chi connectivity index (χ3v) is 3.08. The Morgan fingerprint density at radius 3 is 2.24 bits per heavy atom. The van der Waals surface area contributed by atoms with Crippen molar-refractivity contribution in [2.75, 3.05) is 0 Å². The van der Waals surface area contributed by atoms with Crippen LogP contribution < -0.4 is 0 Å². The lowest BCUT2D eigenvalue weighted by atomic mass is 9.97. The van der Waals surface area contributed by atoms with Crippen molar-refractivity contribution < 1.29 is 5.11 Å². The van der Waals surface area contributed by atoms with E-state index < -0.39 is 5.60 Å². The summed E-state index contributed by atoms with van der Waals surface area (Å²) in [5.74, 6) is 0.902. The highest BCUT2D eigenvalue weighted by Crippen LogP contribution is 2.24. The number of aromatic nitrogens is 2. The van der Waals surface area contributed by atoms with Gasteiger partial charge in [0.15, 0.2) is 0 Å². The molecule has 90 valence electrons. The van der Waals surface area contributed by atoms with Crippen LogP contribution in [0.5, 0.6) is 0 Å². The number of hydrogen-bond donors (Lipinski definition) is 1. The number of hydrogen-bond acceptors (Lipinski definition) is 2. The monoisotopic (exact) mass is 294 g/mol. The maximum absolute atomic E-state index is 9.88. The standard InChI is InChI=1S/C13H15BrN2O/c1-13(2,17)10-6-4-9(5-7-10)12-15-11(14)8-16(12)3/h4-8,17H,1-3H3. The second kappa shape index (κ2) is 4.27. The van der Waals surface area contributed by atoms with Gasteiger partial charge in [-0.05, 0) is 35.3 Å². The molecule has 0 amide bonds. The summed E-state index contributed by atoms with van der Waals surface area (Å²) in [7, 11) is 1.96. The van der Waals surface area contributed by atoms with Gasteiger partial charge in [-0.15, -0.1) is 0 Å². The van der Waals surface area contributed by atoms with Gasteiger partial charge in [0.25, 0.3) is 0 Å². The van der Waals surface area contributed by atoms with Crippen molar-refractivity contribution in [2.45, 2.75) is 19.4 Å². The predicted octanol–water partition coefficient (Wildman–Crippen LogP) is 3.08. The molecule has 0 aliphatic heterocycles. The topological polar surface area (TPSA) is 38.0 Å². The molecule has 2 rings (SSSR count). The Morgan fingerprint density at radius 2 is 1.82 bits per heavy atom. The maximum atomic E-state index is 9.88. The van der Waals surface area contributed by atoms with Crippen LogP contribution in [0.15, 0.2) is 35.1 Å². The van der Waals surface area contributed by atoms with E-state index in [1.807, 2.05) is 42.1 Å². The number of aryl methyl sites for hydroxylation is 1. The lowest BCUT2D eigenvalue weighted by molar-refractivity contribution is 0.0786. The van der Waals surface area contributed by atoms with Crippen LogP contribution in [0.4, 0.5) is 0 Å². The average molecular weight is 295 g/mol. The fourth-order valence-electron chi connectivity index (χ4n) is 1.73. The van der Waals surface area contributed by atoms with Gasteiger partial charge >= 0.3 is 0 Å². The molecule has 0 saturated carbocycles. The zero-order chi connectivity index (χ0) is 12.6. The van der Waals surface area contributed by atoms with E-state index in [-0.39, 0.29) is 0 Å². The van der Waals surface area contributed by atoms with Crippen LogP contribution >= 0.6 is 15.9 Å². The highest BCUT2D eigenvalue weighted by Gasteiger charge is 2.16. The molecule has 0 radical (unpaired) electrons. The molecule has 0 unspecified atom stereocenters. The molecule has 1 aromatic carbocycles. The fraction of sp³-hybridized carbons (Fsp3) is 0.308. The van der Waals surface area contributed by atoms with Crippen molar-refractivity contribution in [3.63, 3.8) is 0 Å². The molecule has 3 nitrogen and oxygen atoms in total. The molecule has 0 atom stereocenters. The summed E-state index contributed by atoms with van der Waals surface area (Å²) in [5.41, 5.74) is 1.13. The van der Waals surface area contributed by atoms with E-state index in [1.54, 1.807) is 13.8 Å². The molecule has 0 spiro atoms. The Balaban J connectivity index is 2.39. The van der Waals surface area contributed by atoms with Crippen LogP contribution in [0.2, 0.25) is 0 Å². The van der Waals surface area contributed by atoms with Crippen LogP contribution in [0, 0.1) is 0 Å². The summed E-state index contributed by atoms with van der Waals surface area (Å²) in [6.45, 7) is 3.55. The van der Waals surface area contributed by atoms with Crippen LogP contribution in [-0.4, -0.2) is 14.7 Å². The Hall–Kier alpha value is -1.13. The zero-order valence-corrected chi connectivity index (χ0v) is 11.7. The first-order chi connectivity index (χ1) is 7.88. The molecular weight excluding hydrogens is 280 g/mol. The number of imidazole rings is 1. The van der Waals surface area contributed by atoms with Crippen LogP contribution in [0.3, 0.4) is 0 Å². The molecule has 0 bridgehead atoms. The molecule has 0 aliphatic carbocycles. The zero-order valence-electron chi connectivity index (χ0n) is 10.1. The van der Waals surface area contributed by atoms with E-state index in [9.17, 15) is 5.11 Å². The van der Waals surface area contributed by atoms with Gasteiger partial charge in [-0.2, -0.15) is 0 Å². The molecule has 4 heteroatoms. The summed E-state index contributed by atoms with van der Waals surface area (Å²) in [4.78, 5) is 4.39. The molecule has 17 heavy (non-hydrogen) atoms. The Kier molecular flexibility index (Phi) is 3.10. The molecule has 2 aromatic rings. The van der Waals surface area contributed by atoms with E-state index >= 15 is 0 Å². The normalized spacial score (nSPS) is 11.8. The SMILES string of the molecule is Cn1cc(Br)nc1-c1ccc(C(C)(C)O)cc1. The minimum Gasteiger partial charge on any atom is -0.386 e. The Morgan fingerprint density at radius 1 is 1.24 bits per heavy atom. The van der Waals surface area contributed by atoms with Gasteiger partial charge in [-0.25, -0.2) is 4.98 Å². The summed E-state index contributed by atoms with van der Waals surface area (Å²) in [6, 6.07) is 7.81. The van der Waals surface area contributed by atoms with Crippen LogP contribution in [0.1, 0.15) is 19.4 Å². The number of rotatable bonds is 2.